The second-order valence-electron chi connectivity index (χ2n) is 7.32. The number of anilines is 2. The van der Waals surface area contributed by atoms with Crippen molar-refractivity contribution in [3.8, 4) is 5.69 Å². The fraction of sp³-hybridized carbons (Fsp3) is 0.136. The summed E-state index contributed by atoms with van der Waals surface area (Å²) in [6.07, 6.45) is 1.51. The largest absolute Gasteiger partial charge is 0.358 e. The van der Waals surface area contributed by atoms with E-state index in [0.29, 0.717) is 33.8 Å². The monoisotopic (exact) mass is 430 g/mol. The molecule has 1 atom stereocenters. The van der Waals surface area contributed by atoms with E-state index in [4.69, 9.17) is 4.98 Å². The number of nitrogens with one attached hydrogen (secondary N) is 3. The van der Waals surface area contributed by atoms with Gasteiger partial charge in [0.05, 0.1) is 23.4 Å². The van der Waals surface area contributed by atoms with Crippen molar-refractivity contribution >= 4 is 39.9 Å². The third-order valence-corrected chi connectivity index (χ3v) is 4.97. The average molecular weight is 430 g/mol. The van der Waals surface area contributed by atoms with Crippen LogP contribution >= 0.6 is 0 Å². The zero-order valence-corrected chi connectivity index (χ0v) is 17.3. The Morgan fingerprint density at radius 2 is 1.94 bits per heavy atom. The number of para-hydroxylation sites is 1. The van der Waals surface area contributed by atoms with Crippen molar-refractivity contribution in [2.75, 3.05) is 10.6 Å². The molecule has 9 nitrogen and oxygen atoms in total. The zero-order valence-electron chi connectivity index (χ0n) is 17.3. The van der Waals surface area contributed by atoms with E-state index < -0.39 is 0 Å². The molecule has 1 amide bonds. The van der Waals surface area contributed by atoms with Gasteiger partial charge in [0, 0.05) is 18.7 Å². The molecule has 0 bridgehead atoms. The Kier molecular flexibility index (Phi) is 4.74. The normalized spacial score (nSPS) is 12.2. The summed E-state index contributed by atoms with van der Waals surface area (Å²) in [5, 5.41) is 5.92. The van der Waals surface area contributed by atoms with Gasteiger partial charge in [0.15, 0.2) is 11.5 Å². The first-order chi connectivity index (χ1) is 15.5. The molecule has 5 rings (SSSR count). The van der Waals surface area contributed by atoms with Crippen molar-refractivity contribution in [1.29, 1.82) is 0 Å². The number of carbonyl (C=O) groups is 1. The van der Waals surface area contributed by atoms with Gasteiger partial charge in [-0.15, -0.1) is 0 Å². The van der Waals surface area contributed by atoms with Gasteiger partial charge < -0.3 is 10.3 Å². The third kappa shape index (κ3) is 3.51. The van der Waals surface area contributed by atoms with E-state index in [2.05, 4.69) is 30.6 Å². The highest BCUT2D eigenvalue weighted by Crippen LogP contribution is 2.29. The van der Waals surface area contributed by atoms with Crippen LogP contribution in [0.15, 0.2) is 54.9 Å². The van der Waals surface area contributed by atoms with E-state index in [1.807, 2.05) is 41.8 Å². The first-order valence-electron chi connectivity index (χ1n) is 9.98. The second kappa shape index (κ2) is 7.73. The second-order valence-corrected chi connectivity index (χ2v) is 7.32. The number of benzene rings is 2. The maximum absolute atomic E-state index is 14.1. The number of fused-ring (bicyclic) bond motifs is 2. The smallest absolute Gasteiger partial charge is 0.233 e. The average Bonchev–Trinajstić information content (AvgIpc) is 3.38. The van der Waals surface area contributed by atoms with Crippen LogP contribution in [-0.4, -0.2) is 35.4 Å². The summed E-state index contributed by atoms with van der Waals surface area (Å²) in [5.74, 6) is 0.652. The van der Waals surface area contributed by atoms with Crippen LogP contribution in [0.2, 0.25) is 0 Å². The number of amides is 1. The Labute approximate surface area is 181 Å². The van der Waals surface area contributed by atoms with Gasteiger partial charge in [0.25, 0.3) is 0 Å². The first-order valence-corrected chi connectivity index (χ1v) is 9.98. The van der Waals surface area contributed by atoms with Gasteiger partial charge in [-0.3, -0.25) is 14.7 Å². The number of carbonyl (C=O) groups excluding carboxylic acids is 1. The molecule has 0 unspecified atom stereocenters. The van der Waals surface area contributed by atoms with Crippen molar-refractivity contribution in [3.05, 3.63) is 66.5 Å². The van der Waals surface area contributed by atoms with Gasteiger partial charge in [-0.2, -0.15) is 9.97 Å². The minimum Gasteiger partial charge on any atom is -0.358 e. The Morgan fingerprint density at radius 3 is 2.72 bits per heavy atom. The summed E-state index contributed by atoms with van der Waals surface area (Å²) < 4.78 is 16.0. The summed E-state index contributed by atoms with van der Waals surface area (Å²) in [6.45, 7) is 3.31. The molecule has 3 aromatic heterocycles. The van der Waals surface area contributed by atoms with Crippen molar-refractivity contribution in [3.63, 3.8) is 0 Å². The van der Waals surface area contributed by atoms with Crippen LogP contribution in [0.4, 0.5) is 16.2 Å². The predicted octanol–water partition coefficient (Wildman–Crippen LogP) is 3.96. The molecule has 0 fully saturated rings. The Balaban J connectivity index is 1.61. The Morgan fingerprint density at radius 1 is 1.12 bits per heavy atom. The highest BCUT2D eigenvalue weighted by Gasteiger charge is 2.21. The minimum atomic E-state index is -0.336. The molecule has 0 spiro atoms. The van der Waals surface area contributed by atoms with Crippen molar-refractivity contribution in [1.82, 2.24) is 29.5 Å². The molecule has 3 N–H and O–H groups in total. The number of H-pyrrole nitrogens is 1. The maximum Gasteiger partial charge on any atom is 0.233 e. The zero-order chi connectivity index (χ0) is 22.2. The van der Waals surface area contributed by atoms with Crippen LogP contribution < -0.4 is 10.6 Å². The van der Waals surface area contributed by atoms with Gasteiger partial charge in [-0.05, 0) is 31.2 Å². The Hall–Kier alpha value is -4.34. The number of nitrogens with zero attached hydrogens (tertiary/aromatic N) is 5. The summed E-state index contributed by atoms with van der Waals surface area (Å²) in [7, 11) is 0. The van der Waals surface area contributed by atoms with Crippen molar-refractivity contribution in [2.45, 2.75) is 19.9 Å². The molecule has 0 aliphatic carbocycles. The maximum atomic E-state index is 14.1. The molecule has 32 heavy (non-hydrogen) atoms. The van der Waals surface area contributed by atoms with E-state index in [0.717, 1.165) is 5.69 Å². The summed E-state index contributed by atoms with van der Waals surface area (Å²) in [5.41, 5.74) is 3.20. The molecule has 160 valence electrons. The van der Waals surface area contributed by atoms with Crippen LogP contribution in [0, 0.1) is 5.82 Å². The van der Waals surface area contributed by atoms with Crippen LogP contribution in [-0.2, 0) is 4.79 Å². The molecular weight excluding hydrogens is 411 g/mol. The lowest BCUT2D eigenvalue weighted by Gasteiger charge is -2.17. The molecule has 5 aromatic rings. The highest BCUT2D eigenvalue weighted by molar-refractivity contribution is 5.90. The fourth-order valence-corrected chi connectivity index (χ4v) is 3.63. The number of hydrogen-bond acceptors (Lipinski definition) is 6. The molecule has 0 saturated heterocycles. The predicted molar refractivity (Wildman–Crippen MR) is 119 cm³/mol. The number of imidazole rings is 2. The van der Waals surface area contributed by atoms with Crippen molar-refractivity contribution in [2.24, 2.45) is 0 Å². The summed E-state index contributed by atoms with van der Waals surface area (Å²) in [6, 6.07) is 13.8. The number of aromatic amines is 1. The van der Waals surface area contributed by atoms with Gasteiger partial charge in [0.1, 0.15) is 17.2 Å². The SMILES string of the molecule is CC(=O)Nc1nc(N[C@@H](C)c2nc3ccc(F)cc3n2-c2ccccc2)c2[nH]cnc2n1. The molecular formula is C22H19FN8O. The fourth-order valence-electron chi connectivity index (χ4n) is 3.63. The van der Waals surface area contributed by atoms with E-state index in [1.54, 1.807) is 6.07 Å². The molecule has 10 heteroatoms. The number of halogens is 1. The molecule has 0 aliphatic rings. The van der Waals surface area contributed by atoms with Crippen LogP contribution in [0.25, 0.3) is 27.9 Å². The highest BCUT2D eigenvalue weighted by atomic mass is 19.1. The number of rotatable bonds is 5. The van der Waals surface area contributed by atoms with Gasteiger partial charge in [-0.1, -0.05) is 18.2 Å². The standard InChI is InChI=1S/C22H19FN8O/c1-12(26-20-18-19(25-11-24-18)29-22(30-20)27-13(2)32)21-28-16-9-8-14(23)10-17(16)31(21)15-6-4-3-5-7-15/h3-12H,1-2H3,(H3,24,25,26,27,29,30,32)/t12-/m0/s1. The van der Waals surface area contributed by atoms with Crippen LogP contribution in [0.3, 0.4) is 0 Å². The van der Waals surface area contributed by atoms with E-state index >= 15 is 0 Å². The molecule has 3 heterocycles. The molecule has 0 saturated carbocycles. The lowest BCUT2D eigenvalue weighted by Crippen LogP contribution is -2.16. The van der Waals surface area contributed by atoms with Gasteiger partial charge >= 0.3 is 0 Å². The molecule has 0 radical (unpaired) electrons. The summed E-state index contributed by atoms with van der Waals surface area (Å²) >= 11 is 0. The minimum absolute atomic E-state index is 0.144. The first kappa shape index (κ1) is 19.6. The lowest BCUT2D eigenvalue weighted by molar-refractivity contribution is -0.114. The summed E-state index contributed by atoms with van der Waals surface area (Å²) in [4.78, 5) is 32.1. The lowest BCUT2D eigenvalue weighted by atomic mass is 10.2. The quantitative estimate of drug-likeness (QED) is 0.389. The number of hydrogen-bond donors (Lipinski definition) is 3. The van der Waals surface area contributed by atoms with Gasteiger partial charge in [0.2, 0.25) is 11.9 Å². The molecule has 2 aromatic carbocycles. The molecule has 0 aliphatic heterocycles. The Bertz CT molecular complexity index is 1440. The number of aromatic nitrogens is 6. The van der Waals surface area contributed by atoms with Crippen molar-refractivity contribution < 1.29 is 9.18 Å². The van der Waals surface area contributed by atoms with Crippen LogP contribution in [0.1, 0.15) is 25.7 Å². The third-order valence-electron chi connectivity index (χ3n) is 4.97. The van der Waals surface area contributed by atoms with E-state index in [-0.39, 0.29) is 23.7 Å². The van der Waals surface area contributed by atoms with E-state index in [1.165, 1.54) is 25.4 Å². The van der Waals surface area contributed by atoms with Gasteiger partial charge in [-0.25, -0.2) is 14.4 Å². The topological polar surface area (TPSA) is 113 Å². The van der Waals surface area contributed by atoms with Crippen LogP contribution in [0.5, 0.6) is 0 Å². The van der Waals surface area contributed by atoms with E-state index in [9.17, 15) is 9.18 Å².